The van der Waals surface area contributed by atoms with Gasteiger partial charge < -0.3 is 9.47 Å². The number of rotatable bonds is 23. The van der Waals surface area contributed by atoms with E-state index in [1.165, 1.54) is 123 Å². The molecule has 1 atom stereocenters. The lowest BCUT2D eigenvalue weighted by atomic mass is 10.0. The molecule has 29 heavy (non-hydrogen) atoms. The van der Waals surface area contributed by atoms with Gasteiger partial charge >= 0.3 is 5.97 Å². The average Bonchev–Trinajstić information content (AvgIpc) is 2.74. The van der Waals surface area contributed by atoms with Crippen molar-refractivity contribution in [3.8, 4) is 0 Å². The van der Waals surface area contributed by atoms with Gasteiger partial charge in [-0.3, -0.25) is 4.79 Å². The number of esters is 1. The summed E-state index contributed by atoms with van der Waals surface area (Å²) in [5.74, 6) is -0.0698. The first-order valence-electron chi connectivity index (χ1n) is 12.8. The minimum Gasteiger partial charge on any atom is -0.469 e. The van der Waals surface area contributed by atoms with Crippen molar-refractivity contribution in [2.75, 3.05) is 14.2 Å². The molecule has 174 valence electrons. The largest absolute Gasteiger partial charge is 0.469 e. The molecule has 0 N–H and O–H groups in total. The highest BCUT2D eigenvalue weighted by Crippen LogP contribution is 2.17. The lowest BCUT2D eigenvalue weighted by Crippen LogP contribution is -2.10. The third-order valence-corrected chi connectivity index (χ3v) is 6.10. The Labute approximate surface area is 182 Å². The van der Waals surface area contributed by atoms with E-state index < -0.39 is 0 Å². The van der Waals surface area contributed by atoms with Gasteiger partial charge in [0.25, 0.3) is 0 Å². The summed E-state index contributed by atoms with van der Waals surface area (Å²) in [6, 6.07) is 0. The molecule has 0 heterocycles. The Morgan fingerprint density at radius 3 is 1.34 bits per heavy atom. The molecule has 0 radical (unpaired) electrons. The standard InChI is InChI=1S/C26H52O3/c1-4-5-6-7-13-16-19-22-25(28-2)23-20-17-14-11-9-8-10-12-15-18-21-24-26(27)29-3/h25H,4-24H2,1-3H3. The number of methoxy groups -OCH3 is 2. The van der Waals surface area contributed by atoms with E-state index in [-0.39, 0.29) is 5.97 Å². The Bertz CT molecular complexity index is 330. The SMILES string of the molecule is CCCCCCCCCC(CCCCCCCCCCCCCC(=O)OC)OC. The van der Waals surface area contributed by atoms with Gasteiger partial charge in [-0.05, 0) is 19.3 Å². The van der Waals surface area contributed by atoms with E-state index in [1.807, 2.05) is 7.11 Å². The summed E-state index contributed by atoms with van der Waals surface area (Å²) in [5, 5.41) is 0. The molecule has 0 aliphatic carbocycles. The van der Waals surface area contributed by atoms with Gasteiger partial charge in [-0.1, -0.05) is 116 Å². The van der Waals surface area contributed by atoms with Crippen LogP contribution in [0.15, 0.2) is 0 Å². The Kier molecular flexibility index (Phi) is 23.2. The highest BCUT2D eigenvalue weighted by atomic mass is 16.5. The van der Waals surface area contributed by atoms with Crippen LogP contribution in [0, 0.1) is 0 Å². The fourth-order valence-electron chi connectivity index (χ4n) is 4.04. The number of ether oxygens (including phenoxy) is 2. The number of carbonyl (C=O) groups excluding carboxylic acids is 1. The van der Waals surface area contributed by atoms with Crippen LogP contribution in [0.2, 0.25) is 0 Å². The molecule has 0 aromatic carbocycles. The van der Waals surface area contributed by atoms with E-state index in [4.69, 9.17) is 4.74 Å². The maximum atomic E-state index is 11.0. The molecule has 3 nitrogen and oxygen atoms in total. The molecule has 0 bridgehead atoms. The molecule has 0 aromatic heterocycles. The average molecular weight is 413 g/mol. The maximum Gasteiger partial charge on any atom is 0.305 e. The highest BCUT2D eigenvalue weighted by Gasteiger charge is 2.06. The van der Waals surface area contributed by atoms with E-state index in [1.54, 1.807) is 0 Å². The predicted molar refractivity (Wildman–Crippen MR) is 125 cm³/mol. The number of hydrogen-bond donors (Lipinski definition) is 0. The molecule has 0 aromatic rings. The summed E-state index contributed by atoms with van der Waals surface area (Å²) >= 11 is 0. The summed E-state index contributed by atoms with van der Waals surface area (Å²) in [5.41, 5.74) is 0. The lowest BCUT2D eigenvalue weighted by Gasteiger charge is -2.15. The zero-order valence-corrected chi connectivity index (χ0v) is 20.2. The van der Waals surface area contributed by atoms with Gasteiger partial charge in [0.2, 0.25) is 0 Å². The molecule has 0 rings (SSSR count). The number of carbonyl (C=O) groups is 1. The minimum atomic E-state index is -0.0698. The molecular weight excluding hydrogens is 360 g/mol. The van der Waals surface area contributed by atoms with Gasteiger partial charge in [0.1, 0.15) is 0 Å². The van der Waals surface area contributed by atoms with Gasteiger partial charge in [0, 0.05) is 13.5 Å². The van der Waals surface area contributed by atoms with Crippen LogP contribution in [0.4, 0.5) is 0 Å². The second-order valence-corrected chi connectivity index (χ2v) is 8.77. The monoisotopic (exact) mass is 412 g/mol. The number of hydrogen-bond acceptors (Lipinski definition) is 3. The molecule has 0 aliphatic heterocycles. The minimum absolute atomic E-state index is 0.0698. The molecule has 0 saturated carbocycles. The van der Waals surface area contributed by atoms with Crippen molar-refractivity contribution < 1.29 is 14.3 Å². The van der Waals surface area contributed by atoms with E-state index in [2.05, 4.69) is 11.7 Å². The fraction of sp³-hybridized carbons (Fsp3) is 0.962. The van der Waals surface area contributed by atoms with E-state index in [9.17, 15) is 4.79 Å². The molecule has 0 saturated heterocycles. The first-order valence-corrected chi connectivity index (χ1v) is 12.8. The lowest BCUT2D eigenvalue weighted by molar-refractivity contribution is -0.140. The molecular formula is C26H52O3. The van der Waals surface area contributed by atoms with Crippen LogP contribution < -0.4 is 0 Å². The molecule has 0 amide bonds. The Balaban J connectivity index is 3.28. The van der Waals surface area contributed by atoms with Crippen molar-refractivity contribution in [2.24, 2.45) is 0 Å². The van der Waals surface area contributed by atoms with Crippen LogP contribution in [0.1, 0.15) is 142 Å². The molecule has 3 heteroatoms. The topological polar surface area (TPSA) is 35.5 Å². The normalized spacial score (nSPS) is 12.2. The fourth-order valence-corrected chi connectivity index (χ4v) is 4.04. The van der Waals surface area contributed by atoms with E-state index in [0.717, 1.165) is 12.8 Å². The van der Waals surface area contributed by atoms with Gasteiger partial charge in [-0.25, -0.2) is 0 Å². The second-order valence-electron chi connectivity index (χ2n) is 8.77. The summed E-state index contributed by atoms with van der Waals surface area (Å²) in [4.78, 5) is 11.0. The third kappa shape index (κ3) is 21.9. The first-order chi connectivity index (χ1) is 14.2. The van der Waals surface area contributed by atoms with Crippen molar-refractivity contribution in [1.82, 2.24) is 0 Å². The van der Waals surface area contributed by atoms with Crippen LogP contribution in [0.25, 0.3) is 0 Å². The van der Waals surface area contributed by atoms with Gasteiger partial charge in [-0.15, -0.1) is 0 Å². The van der Waals surface area contributed by atoms with Crippen molar-refractivity contribution in [3.05, 3.63) is 0 Å². The summed E-state index contributed by atoms with van der Waals surface area (Å²) < 4.78 is 10.3. The van der Waals surface area contributed by atoms with Gasteiger partial charge in [-0.2, -0.15) is 0 Å². The van der Waals surface area contributed by atoms with Crippen LogP contribution in [-0.4, -0.2) is 26.3 Å². The quantitative estimate of drug-likeness (QED) is 0.125. The predicted octanol–water partition coefficient (Wildman–Crippen LogP) is 8.39. The van der Waals surface area contributed by atoms with Crippen LogP contribution in [0.5, 0.6) is 0 Å². The van der Waals surface area contributed by atoms with Crippen molar-refractivity contribution >= 4 is 5.97 Å². The molecule has 1 unspecified atom stereocenters. The van der Waals surface area contributed by atoms with Gasteiger partial charge in [0.15, 0.2) is 0 Å². The summed E-state index contributed by atoms with van der Waals surface area (Å²) in [7, 11) is 3.36. The molecule has 0 spiro atoms. The Morgan fingerprint density at radius 2 is 0.966 bits per heavy atom. The molecule has 0 fully saturated rings. The smallest absolute Gasteiger partial charge is 0.305 e. The molecule has 0 aliphatic rings. The van der Waals surface area contributed by atoms with Gasteiger partial charge in [0.05, 0.1) is 13.2 Å². The second kappa shape index (κ2) is 23.7. The van der Waals surface area contributed by atoms with Crippen molar-refractivity contribution in [2.45, 2.75) is 148 Å². The maximum absolute atomic E-state index is 11.0. The van der Waals surface area contributed by atoms with Crippen LogP contribution in [-0.2, 0) is 14.3 Å². The van der Waals surface area contributed by atoms with E-state index in [0.29, 0.717) is 12.5 Å². The Hall–Kier alpha value is -0.570. The van der Waals surface area contributed by atoms with Crippen molar-refractivity contribution in [3.63, 3.8) is 0 Å². The highest BCUT2D eigenvalue weighted by molar-refractivity contribution is 5.68. The van der Waals surface area contributed by atoms with E-state index >= 15 is 0 Å². The first kappa shape index (κ1) is 28.4. The Morgan fingerprint density at radius 1 is 0.586 bits per heavy atom. The third-order valence-electron chi connectivity index (χ3n) is 6.10. The van der Waals surface area contributed by atoms with Crippen LogP contribution >= 0.6 is 0 Å². The van der Waals surface area contributed by atoms with Crippen molar-refractivity contribution in [1.29, 1.82) is 0 Å². The zero-order valence-electron chi connectivity index (χ0n) is 20.2. The summed E-state index contributed by atoms with van der Waals surface area (Å²) in [6.45, 7) is 2.28. The zero-order chi connectivity index (χ0) is 21.4. The van der Waals surface area contributed by atoms with Crippen LogP contribution in [0.3, 0.4) is 0 Å². The number of unbranched alkanes of at least 4 members (excludes halogenated alkanes) is 16. The summed E-state index contributed by atoms with van der Waals surface area (Å²) in [6.07, 6.45) is 27.6.